The predicted molar refractivity (Wildman–Crippen MR) is 71.9 cm³/mol. The predicted octanol–water partition coefficient (Wildman–Crippen LogP) is 3.48. The number of benzene rings is 2. The van der Waals surface area contributed by atoms with E-state index in [1.54, 1.807) is 24.3 Å². The Morgan fingerprint density at radius 2 is 2.05 bits per heavy atom. The van der Waals surface area contributed by atoms with Crippen LogP contribution >= 0.6 is 0 Å². The Morgan fingerprint density at radius 3 is 2.70 bits per heavy atom. The number of ketones is 1. The quantitative estimate of drug-likeness (QED) is 0.798. The van der Waals surface area contributed by atoms with Gasteiger partial charge in [0.25, 0.3) is 0 Å². The Balaban J connectivity index is 2.26. The zero-order valence-corrected chi connectivity index (χ0v) is 10.9. The van der Waals surface area contributed by atoms with Gasteiger partial charge in [-0.1, -0.05) is 18.2 Å². The van der Waals surface area contributed by atoms with Crippen LogP contribution in [0.2, 0.25) is 0 Å². The third kappa shape index (κ3) is 3.01. The van der Waals surface area contributed by atoms with Gasteiger partial charge in [0.15, 0.2) is 5.78 Å². The number of hydrogen-bond acceptors (Lipinski definition) is 3. The number of ether oxygens (including phenoxy) is 1. The molecule has 0 bridgehead atoms. The molecule has 20 heavy (non-hydrogen) atoms. The van der Waals surface area contributed by atoms with Crippen LogP contribution in [0.3, 0.4) is 0 Å². The minimum Gasteiger partial charge on any atom is -0.488 e. The van der Waals surface area contributed by atoms with Crippen LogP contribution in [0.4, 0.5) is 4.39 Å². The van der Waals surface area contributed by atoms with E-state index in [4.69, 9.17) is 10.00 Å². The number of nitrogens with zero attached hydrogens (tertiary/aromatic N) is 1. The maximum atomic E-state index is 13.5. The highest BCUT2D eigenvalue weighted by molar-refractivity contribution is 5.97. The Hall–Kier alpha value is -2.67. The number of halogens is 1. The molecule has 4 heteroatoms. The zero-order valence-electron chi connectivity index (χ0n) is 10.9. The molecule has 0 amide bonds. The van der Waals surface area contributed by atoms with Gasteiger partial charge in [-0.25, -0.2) is 4.39 Å². The monoisotopic (exact) mass is 269 g/mol. The van der Waals surface area contributed by atoms with Crippen molar-refractivity contribution in [1.82, 2.24) is 0 Å². The molecule has 0 aliphatic carbocycles. The van der Waals surface area contributed by atoms with Gasteiger partial charge >= 0.3 is 0 Å². The normalized spacial score (nSPS) is 9.85. The summed E-state index contributed by atoms with van der Waals surface area (Å²) < 4.78 is 19.0. The van der Waals surface area contributed by atoms with E-state index >= 15 is 0 Å². The van der Waals surface area contributed by atoms with Gasteiger partial charge in [0.2, 0.25) is 0 Å². The maximum Gasteiger partial charge on any atom is 0.163 e. The summed E-state index contributed by atoms with van der Waals surface area (Å²) in [7, 11) is 0. The molecule has 2 aromatic carbocycles. The van der Waals surface area contributed by atoms with E-state index in [-0.39, 0.29) is 18.2 Å². The Labute approximate surface area is 116 Å². The van der Waals surface area contributed by atoms with Crippen LogP contribution < -0.4 is 4.74 Å². The summed E-state index contributed by atoms with van der Waals surface area (Å²) in [6.07, 6.45) is 0. The Kier molecular flexibility index (Phi) is 4.11. The van der Waals surface area contributed by atoms with E-state index in [1.807, 2.05) is 6.07 Å². The second-order valence-electron chi connectivity index (χ2n) is 4.26. The molecule has 0 radical (unpaired) electrons. The summed E-state index contributed by atoms with van der Waals surface area (Å²) in [5.41, 5.74) is 1.16. The van der Waals surface area contributed by atoms with Gasteiger partial charge in [-0.05, 0) is 31.2 Å². The first-order chi connectivity index (χ1) is 9.61. The fourth-order valence-electron chi connectivity index (χ4n) is 1.77. The summed E-state index contributed by atoms with van der Waals surface area (Å²) in [6.45, 7) is 1.42. The first-order valence-electron chi connectivity index (χ1n) is 6.03. The van der Waals surface area contributed by atoms with Gasteiger partial charge in [-0.3, -0.25) is 4.79 Å². The van der Waals surface area contributed by atoms with E-state index in [9.17, 15) is 9.18 Å². The second kappa shape index (κ2) is 5.98. The molecular formula is C16H12FNO2. The number of nitriles is 1. The molecule has 100 valence electrons. The highest BCUT2D eigenvalue weighted by Gasteiger charge is 2.11. The Morgan fingerprint density at radius 1 is 1.30 bits per heavy atom. The largest absolute Gasteiger partial charge is 0.488 e. The molecule has 0 N–H and O–H groups in total. The minimum absolute atomic E-state index is 0.00182. The lowest BCUT2D eigenvalue weighted by Crippen LogP contribution is -2.03. The van der Waals surface area contributed by atoms with Crippen molar-refractivity contribution in [2.24, 2.45) is 0 Å². The van der Waals surface area contributed by atoms with Gasteiger partial charge in [0.05, 0.1) is 17.2 Å². The van der Waals surface area contributed by atoms with Crippen molar-refractivity contribution in [2.45, 2.75) is 13.5 Å². The highest BCUT2D eigenvalue weighted by atomic mass is 19.1. The maximum absolute atomic E-state index is 13.5. The van der Waals surface area contributed by atoms with Crippen molar-refractivity contribution < 1.29 is 13.9 Å². The van der Waals surface area contributed by atoms with Crippen LogP contribution in [0.15, 0.2) is 42.5 Å². The fraction of sp³-hybridized carbons (Fsp3) is 0.125. The van der Waals surface area contributed by atoms with Crippen LogP contribution in [0.1, 0.15) is 28.4 Å². The molecule has 0 fully saturated rings. The zero-order chi connectivity index (χ0) is 14.5. The first-order valence-corrected chi connectivity index (χ1v) is 6.03. The molecule has 0 spiro atoms. The summed E-state index contributed by atoms with van der Waals surface area (Å²) in [5, 5.41) is 8.87. The first kappa shape index (κ1) is 13.8. The third-order valence-corrected chi connectivity index (χ3v) is 2.83. The van der Waals surface area contributed by atoms with Crippen molar-refractivity contribution in [2.75, 3.05) is 0 Å². The number of carbonyl (C=O) groups is 1. The molecule has 0 aromatic heterocycles. The molecule has 2 rings (SSSR count). The molecule has 0 aliphatic rings. The van der Waals surface area contributed by atoms with E-state index in [2.05, 4.69) is 0 Å². The average molecular weight is 269 g/mol. The van der Waals surface area contributed by atoms with Crippen LogP contribution in [0.25, 0.3) is 0 Å². The number of rotatable bonds is 4. The fourth-order valence-corrected chi connectivity index (χ4v) is 1.77. The van der Waals surface area contributed by atoms with Crippen molar-refractivity contribution in [3.8, 4) is 11.8 Å². The molecular weight excluding hydrogens is 257 g/mol. The van der Waals surface area contributed by atoms with E-state index in [0.717, 1.165) is 0 Å². The van der Waals surface area contributed by atoms with Crippen molar-refractivity contribution in [3.63, 3.8) is 0 Å². The number of carbonyl (C=O) groups excluding carboxylic acids is 1. The minimum atomic E-state index is -0.367. The van der Waals surface area contributed by atoms with E-state index < -0.39 is 0 Å². The molecule has 0 heterocycles. The van der Waals surface area contributed by atoms with Crippen LogP contribution in [0.5, 0.6) is 5.75 Å². The van der Waals surface area contributed by atoms with Crippen molar-refractivity contribution in [3.05, 3.63) is 65.0 Å². The van der Waals surface area contributed by atoms with Gasteiger partial charge < -0.3 is 4.74 Å². The highest BCUT2D eigenvalue weighted by Crippen LogP contribution is 2.22. The number of hydrogen-bond donors (Lipinski definition) is 0. The van der Waals surface area contributed by atoms with Gasteiger partial charge in [0, 0.05) is 5.56 Å². The standard InChI is InChI=1S/C16H12FNO2/c1-11(19)14-7-6-12(9-18)8-16(14)20-10-13-4-2-3-5-15(13)17/h2-8H,10H2,1H3. The topological polar surface area (TPSA) is 50.1 Å². The number of Topliss-reactive ketones (excluding diaryl/α,β-unsaturated/α-hetero) is 1. The molecule has 2 aromatic rings. The summed E-state index contributed by atoms with van der Waals surface area (Å²) in [6, 6.07) is 12.8. The van der Waals surface area contributed by atoms with Crippen LogP contribution in [0, 0.1) is 17.1 Å². The van der Waals surface area contributed by atoms with E-state index in [1.165, 1.54) is 25.1 Å². The lowest BCUT2D eigenvalue weighted by atomic mass is 10.1. The second-order valence-corrected chi connectivity index (χ2v) is 4.26. The van der Waals surface area contributed by atoms with Crippen LogP contribution in [-0.4, -0.2) is 5.78 Å². The SMILES string of the molecule is CC(=O)c1ccc(C#N)cc1OCc1ccccc1F. The molecule has 3 nitrogen and oxygen atoms in total. The third-order valence-electron chi connectivity index (χ3n) is 2.83. The van der Waals surface area contributed by atoms with Crippen LogP contribution in [-0.2, 0) is 6.61 Å². The average Bonchev–Trinajstić information content (AvgIpc) is 2.46. The van der Waals surface area contributed by atoms with Gasteiger partial charge in [0.1, 0.15) is 18.2 Å². The molecule has 0 saturated carbocycles. The molecule has 0 aliphatic heterocycles. The molecule has 0 saturated heterocycles. The lowest BCUT2D eigenvalue weighted by molar-refractivity contribution is 0.101. The van der Waals surface area contributed by atoms with E-state index in [0.29, 0.717) is 22.4 Å². The summed E-state index contributed by atoms with van der Waals surface area (Å²) >= 11 is 0. The smallest absolute Gasteiger partial charge is 0.163 e. The summed E-state index contributed by atoms with van der Waals surface area (Å²) in [5.74, 6) is -0.244. The van der Waals surface area contributed by atoms with Gasteiger partial charge in [-0.15, -0.1) is 0 Å². The Bertz CT molecular complexity index is 689. The molecule has 0 unspecified atom stereocenters. The van der Waals surface area contributed by atoms with Crippen molar-refractivity contribution >= 4 is 5.78 Å². The van der Waals surface area contributed by atoms with Gasteiger partial charge in [-0.2, -0.15) is 5.26 Å². The van der Waals surface area contributed by atoms with Crippen molar-refractivity contribution in [1.29, 1.82) is 5.26 Å². The lowest BCUT2D eigenvalue weighted by Gasteiger charge is -2.10. The summed E-state index contributed by atoms with van der Waals surface area (Å²) in [4.78, 5) is 11.5. The molecule has 0 atom stereocenters.